The summed E-state index contributed by atoms with van der Waals surface area (Å²) in [6.45, 7) is 8.46. The van der Waals surface area contributed by atoms with Crippen molar-refractivity contribution in [1.82, 2.24) is 0 Å². The van der Waals surface area contributed by atoms with Crippen molar-refractivity contribution >= 4 is 0 Å². The summed E-state index contributed by atoms with van der Waals surface area (Å²) < 4.78 is 25.8. The summed E-state index contributed by atoms with van der Waals surface area (Å²) in [6, 6.07) is 0. The predicted octanol–water partition coefficient (Wildman–Crippen LogP) is 3.93. The van der Waals surface area contributed by atoms with Crippen LogP contribution in [-0.4, -0.2) is 0 Å². The quantitative estimate of drug-likeness (QED) is 0.566. The summed E-state index contributed by atoms with van der Waals surface area (Å²) in [5.74, 6) is -1.67. The van der Waals surface area contributed by atoms with E-state index in [0.717, 1.165) is 6.08 Å². The average molecular weight is 172 g/mol. The first-order valence-corrected chi connectivity index (χ1v) is 3.88. The van der Waals surface area contributed by atoms with Gasteiger partial charge in [-0.3, -0.25) is 0 Å². The van der Waals surface area contributed by atoms with Crippen LogP contribution in [0.25, 0.3) is 0 Å². The minimum Gasteiger partial charge on any atom is -0.204 e. The summed E-state index contributed by atoms with van der Waals surface area (Å²) in [6.07, 6.45) is 2.45. The zero-order valence-electron chi connectivity index (χ0n) is 7.70. The van der Waals surface area contributed by atoms with E-state index in [2.05, 4.69) is 6.58 Å². The van der Waals surface area contributed by atoms with Gasteiger partial charge in [-0.05, 0) is 24.5 Å². The Labute approximate surface area is 72.3 Å². The number of hydrogen-bond donors (Lipinski definition) is 0. The molecule has 0 bridgehead atoms. The lowest BCUT2D eigenvalue weighted by Gasteiger charge is -2.06. The highest BCUT2D eigenvalue weighted by molar-refractivity contribution is 5.32. The predicted molar refractivity (Wildman–Crippen MR) is 48.0 cm³/mol. The summed E-state index contributed by atoms with van der Waals surface area (Å²) in [4.78, 5) is 0. The van der Waals surface area contributed by atoms with E-state index < -0.39 is 11.7 Å². The number of allylic oxidation sites excluding steroid dienone is 5. The Morgan fingerprint density at radius 3 is 2.08 bits per heavy atom. The molecule has 0 N–H and O–H groups in total. The maximum atomic E-state index is 13.1. The fourth-order valence-corrected chi connectivity index (χ4v) is 0.843. The van der Waals surface area contributed by atoms with Gasteiger partial charge in [0.2, 0.25) is 0 Å². The third kappa shape index (κ3) is 2.61. The Bertz CT molecular complexity index is 222. The molecule has 0 nitrogen and oxygen atoms in total. The first kappa shape index (κ1) is 11.1. The first-order chi connectivity index (χ1) is 5.54. The Morgan fingerprint density at radius 1 is 1.33 bits per heavy atom. The van der Waals surface area contributed by atoms with Crippen LogP contribution in [-0.2, 0) is 0 Å². The second-order valence-corrected chi connectivity index (χ2v) is 2.76. The maximum Gasteiger partial charge on any atom is 0.161 e. The van der Waals surface area contributed by atoms with Crippen LogP contribution in [0.1, 0.15) is 20.8 Å². The van der Waals surface area contributed by atoms with Gasteiger partial charge in [-0.15, -0.1) is 0 Å². The topological polar surface area (TPSA) is 0 Å². The monoisotopic (exact) mass is 172 g/mol. The van der Waals surface area contributed by atoms with Gasteiger partial charge in [0.1, 0.15) is 0 Å². The van der Waals surface area contributed by atoms with E-state index in [1.165, 1.54) is 13.0 Å². The van der Waals surface area contributed by atoms with Gasteiger partial charge < -0.3 is 0 Å². The first-order valence-electron chi connectivity index (χ1n) is 3.88. The van der Waals surface area contributed by atoms with Crippen LogP contribution in [0.4, 0.5) is 8.78 Å². The highest BCUT2D eigenvalue weighted by atomic mass is 19.2. The molecule has 0 fully saturated rings. The second kappa shape index (κ2) is 4.86. The average Bonchev–Trinajstić information content (AvgIpc) is 2.03. The molecular weight excluding hydrogens is 158 g/mol. The summed E-state index contributed by atoms with van der Waals surface area (Å²) in [7, 11) is 0. The van der Waals surface area contributed by atoms with Crippen molar-refractivity contribution in [2.24, 2.45) is 5.92 Å². The van der Waals surface area contributed by atoms with Crippen LogP contribution in [0.5, 0.6) is 0 Å². The number of rotatable bonds is 3. The van der Waals surface area contributed by atoms with Crippen LogP contribution in [0.2, 0.25) is 0 Å². The van der Waals surface area contributed by atoms with Crippen LogP contribution in [0.15, 0.2) is 36.0 Å². The van der Waals surface area contributed by atoms with Gasteiger partial charge in [0, 0.05) is 0 Å². The van der Waals surface area contributed by atoms with E-state index in [1.54, 1.807) is 13.8 Å². The van der Waals surface area contributed by atoms with Crippen LogP contribution in [0, 0.1) is 5.92 Å². The molecule has 0 aliphatic carbocycles. The summed E-state index contributed by atoms with van der Waals surface area (Å²) >= 11 is 0. The van der Waals surface area contributed by atoms with E-state index in [0.29, 0.717) is 5.57 Å². The molecule has 0 heterocycles. The Kier molecular flexibility index (Phi) is 4.49. The maximum absolute atomic E-state index is 13.1. The normalized spacial score (nSPS) is 14.7. The Morgan fingerprint density at radius 2 is 1.83 bits per heavy atom. The lowest BCUT2D eigenvalue weighted by atomic mass is 10.0. The van der Waals surface area contributed by atoms with Crippen molar-refractivity contribution in [3.8, 4) is 0 Å². The third-order valence-electron chi connectivity index (χ3n) is 1.56. The molecule has 0 aliphatic rings. The van der Waals surface area contributed by atoms with E-state index in [1.807, 2.05) is 0 Å². The van der Waals surface area contributed by atoms with Gasteiger partial charge in [0.25, 0.3) is 0 Å². The highest BCUT2D eigenvalue weighted by Gasteiger charge is 2.10. The van der Waals surface area contributed by atoms with Crippen LogP contribution in [0.3, 0.4) is 0 Å². The van der Waals surface area contributed by atoms with Crippen molar-refractivity contribution in [3.05, 3.63) is 36.0 Å². The third-order valence-corrected chi connectivity index (χ3v) is 1.56. The molecule has 0 saturated heterocycles. The molecular formula is C10H14F2. The lowest BCUT2D eigenvalue weighted by molar-refractivity contribution is 0.527. The molecule has 0 spiro atoms. The van der Waals surface area contributed by atoms with E-state index in [9.17, 15) is 8.78 Å². The zero-order chi connectivity index (χ0) is 9.72. The van der Waals surface area contributed by atoms with Crippen molar-refractivity contribution in [2.45, 2.75) is 20.8 Å². The SMILES string of the molecule is C=CC(=C(F)C(F)=CC)C(C)C. The fourth-order valence-electron chi connectivity index (χ4n) is 0.843. The molecule has 2 heteroatoms. The van der Waals surface area contributed by atoms with Crippen molar-refractivity contribution in [2.75, 3.05) is 0 Å². The Balaban J connectivity index is 4.97. The molecule has 0 aliphatic heterocycles. The minimum absolute atomic E-state index is 0.0480. The van der Waals surface area contributed by atoms with Gasteiger partial charge in [-0.1, -0.05) is 26.5 Å². The lowest BCUT2D eigenvalue weighted by Crippen LogP contribution is -1.94. The van der Waals surface area contributed by atoms with Crippen molar-refractivity contribution in [1.29, 1.82) is 0 Å². The molecule has 0 saturated carbocycles. The standard InChI is InChI=1S/C10H14F2/c1-5-8(7(3)4)10(12)9(11)6-2/h5-7H,1H2,2-4H3. The largest absolute Gasteiger partial charge is 0.204 e. The van der Waals surface area contributed by atoms with E-state index in [4.69, 9.17) is 0 Å². The van der Waals surface area contributed by atoms with Gasteiger partial charge in [-0.2, -0.15) is 0 Å². The summed E-state index contributed by atoms with van der Waals surface area (Å²) in [5, 5.41) is 0. The van der Waals surface area contributed by atoms with Gasteiger partial charge >= 0.3 is 0 Å². The van der Waals surface area contributed by atoms with E-state index >= 15 is 0 Å². The fraction of sp³-hybridized carbons (Fsp3) is 0.400. The van der Waals surface area contributed by atoms with E-state index in [-0.39, 0.29) is 5.92 Å². The molecule has 0 radical (unpaired) electrons. The molecule has 0 atom stereocenters. The molecule has 0 aromatic carbocycles. The number of hydrogen-bond acceptors (Lipinski definition) is 0. The molecule has 0 aromatic heterocycles. The van der Waals surface area contributed by atoms with Gasteiger partial charge in [-0.25, -0.2) is 8.78 Å². The molecule has 0 rings (SSSR count). The minimum atomic E-state index is -0.821. The number of halogens is 2. The van der Waals surface area contributed by atoms with Crippen LogP contribution >= 0.6 is 0 Å². The highest BCUT2D eigenvalue weighted by Crippen LogP contribution is 2.23. The Hall–Kier alpha value is -0.920. The molecule has 0 amide bonds. The molecule has 0 unspecified atom stereocenters. The smallest absolute Gasteiger partial charge is 0.161 e. The molecule has 0 aromatic rings. The molecule has 68 valence electrons. The van der Waals surface area contributed by atoms with Crippen molar-refractivity contribution < 1.29 is 8.78 Å². The summed E-state index contributed by atoms with van der Waals surface area (Å²) in [5.41, 5.74) is 0.311. The van der Waals surface area contributed by atoms with Gasteiger partial charge in [0.15, 0.2) is 11.7 Å². The second-order valence-electron chi connectivity index (χ2n) is 2.76. The zero-order valence-corrected chi connectivity index (χ0v) is 7.70. The van der Waals surface area contributed by atoms with Gasteiger partial charge in [0.05, 0.1) is 0 Å². The molecule has 12 heavy (non-hydrogen) atoms. The van der Waals surface area contributed by atoms with Crippen molar-refractivity contribution in [3.63, 3.8) is 0 Å². The van der Waals surface area contributed by atoms with Crippen LogP contribution < -0.4 is 0 Å².